The summed E-state index contributed by atoms with van der Waals surface area (Å²) in [5.74, 6) is -0.367. The van der Waals surface area contributed by atoms with Crippen molar-refractivity contribution in [1.82, 2.24) is 5.32 Å². The van der Waals surface area contributed by atoms with Gasteiger partial charge in [0.25, 0.3) is 5.91 Å². The molecule has 0 aliphatic carbocycles. The van der Waals surface area contributed by atoms with Crippen LogP contribution in [0.3, 0.4) is 0 Å². The standard InChI is InChI=1S/C19H20ClNO4/c1-13-10-15(8-9-16(13)20)25-12-18(22)21-17(19(23)24-2)11-14-6-4-3-5-7-14/h3-10,17H,11-12H2,1-2H3,(H,21,22). The summed E-state index contributed by atoms with van der Waals surface area (Å²) < 4.78 is 10.2. The summed E-state index contributed by atoms with van der Waals surface area (Å²) in [7, 11) is 1.29. The number of halogens is 1. The van der Waals surface area contributed by atoms with Gasteiger partial charge in [0, 0.05) is 11.4 Å². The lowest BCUT2D eigenvalue weighted by molar-refractivity contribution is -0.145. The molecule has 2 rings (SSSR count). The zero-order valence-electron chi connectivity index (χ0n) is 14.1. The topological polar surface area (TPSA) is 64.6 Å². The molecule has 5 nitrogen and oxygen atoms in total. The average molecular weight is 362 g/mol. The van der Waals surface area contributed by atoms with Crippen molar-refractivity contribution in [3.63, 3.8) is 0 Å². The molecule has 0 aliphatic heterocycles. The van der Waals surface area contributed by atoms with E-state index in [2.05, 4.69) is 5.32 Å². The fraction of sp³-hybridized carbons (Fsp3) is 0.263. The van der Waals surface area contributed by atoms with E-state index in [0.717, 1.165) is 11.1 Å². The number of amides is 1. The zero-order valence-corrected chi connectivity index (χ0v) is 14.9. The summed E-state index contributed by atoms with van der Waals surface area (Å²) in [5, 5.41) is 3.28. The van der Waals surface area contributed by atoms with Crippen LogP contribution in [-0.2, 0) is 20.7 Å². The van der Waals surface area contributed by atoms with Gasteiger partial charge < -0.3 is 14.8 Å². The quantitative estimate of drug-likeness (QED) is 0.770. The Bertz CT molecular complexity index is 733. The Labute approximate surface area is 151 Å². The predicted octanol–water partition coefficient (Wildman–Crippen LogP) is 2.93. The molecule has 132 valence electrons. The smallest absolute Gasteiger partial charge is 0.328 e. The first-order valence-electron chi connectivity index (χ1n) is 7.79. The third-order valence-corrected chi connectivity index (χ3v) is 4.03. The van der Waals surface area contributed by atoms with Crippen molar-refractivity contribution in [3.8, 4) is 5.75 Å². The van der Waals surface area contributed by atoms with Gasteiger partial charge in [-0.05, 0) is 36.2 Å². The number of carbonyl (C=O) groups excluding carboxylic acids is 2. The van der Waals surface area contributed by atoms with Gasteiger partial charge in [-0.1, -0.05) is 41.9 Å². The van der Waals surface area contributed by atoms with E-state index in [1.165, 1.54) is 7.11 Å². The first-order chi connectivity index (χ1) is 12.0. The Kier molecular flexibility index (Phi) is 6.83. The molecule has 2 aromatic rings. The Balaban J connectivity index is 1.94. The third kappa shape index (κ3) is 5.80. The van der Waals surface area contributed by atoms with Gasteiger partial charge >= 0.3 is 5.97 Å². The molecule has 25 heavy (non-hydrogen) atoms. The van der Waals surface area contributed by atoms with Gasteiger partial charge in [0.15, 0.2) is 6.61 Å². The van der Waals surface area contributed by atoms with E-state index in [9.17, 15) is 9.59 Å². The Morgan fingerprint density at radius 1 is 1.16 bits per heavy atom. The number of carbonyl (C=O) groups is 2. The summed E-state index contributed by atoms with van der Waals surface area (Å²) >= 11 is 5.95. The summed E-state index contributed by atoms with van der Waals surface area (Å²) in [4.78, 5) is 24.0. The molecule has 0 saturated heterocycles. The van der Waals surface area contributed by atoms with E-state index >= 15 is 0 Å². The molecule has 1 unspecified atom stereocenters. The monoisotopic (exact) mass is 361 g/mol. The molecule has 0 spiro atoms. The number of methoxy groups -OCH3 is 1. The molecule has 0 bridgehead atoms. The predicted molar refractivity (Wildman–Crippen MR) is 95.8 cm³/mol. The molecule has 6 heteroatoms. The minimum atomic E-state index is -0.768. The molecule has 1 N–H and O–H groups in total. The van der Waals surface area contributed by atoms with Crippen molar-refractivity contribution < 1.29 is 19.1 Å². The summed E-state index contributed by atoms with van der Waals surface area (Å²) in [6.07, 6.45) is 0.347. The van der Waals surface area contributed by atoms with Crippen LogP contribution < -0.4 is 10.1 Å². The SMILES string of the molecule is COC(=O)C(Cc1ccccc1)NC(=O)COc1ccc(Cl)c(C)c1. The van der Waals surface area contributed by atoms with Crippen molar-refractivity contribution in [2.24, 2.45) is 0 Å². The Hall–Kier alpha value is -2.53. The van der Waals surface area contributed by atoms with Gasteiger partial charge in [-0.2, -0.15) is 0 Å². The van der Waals surface area contributed by atoms with E-state index in [-0.39, 0.29) is 6.61 Å². The van der Waals surface area contributed by atoms with Crippen LogP contribution in [0.4, 0.5) is 0 Å². The van der Waals surface area contributed by atoms with Crippen molar-refractivity contribution >= 4 is 23.5 Å². The number of ether oxygens (including phenoxy) is 2. The minimum Gasteiger partial charge on any atom is -0.484 e. The average Bonchev–Trinajstić information content (AvgIpc) is 2.62. The summed E-state index contributed by atoms with van der Waals surface area (Å²) in [6, 6.07) is 13.8. The Morgan fingerprint density at radius 2 is 1.88 bits per heavy atom. The van der Waals surface area contributed by atoms with Crippen LogP contribution in [0, 0.1) is 6.92 Å². The van der Waals surface area contributed by atoms with E-state index in [4.69, 9.17) is 21.1 Å². The van der Waals surface area contributed by atoms with Gasteiger partial charge in [-0.15, -0.1) is 0 Å². The molecule has 0 radical (unpaired) electrons. The highest BCUT2D eigenvalue weighted by molar-refractivity contribution is 6.31. The first-order valence-corrected chi connectivity index (χ1v) is 8.17. The van der Waals surface area contributed by atoms with Gasteiger partial charge in [0.05, 0.1) is 7.11 Å². The number of benzene rings is 2. The maximum atomic E-state index is 12.1. The number of hydrogen-bond donors (Lipinski definition) is 1. The van der Waals surface area contributed by atoms with Crippen LogP contribution in [0.2, 0.25) is 5.02 Å². The highest BCUT2D eigenvalue weighted by Crippen LogP contribution is 2.20. The lowest BCUT2D eigenvalue weighted by Gasteiger charge is -2.17. The number of hydrogen-bond acceptors (Lipinski definition) is 4. The van der Waals surface area contributed by atoms with Crippen molar-refractivity contribution in [2.45, 2.75) is 19.4 Å². The molecule has 2 aromatic carbocycles. The lowest BCUT2D eigenvalue weighted by Crippen LogP contribution is -2.44. The van der Waals surface area contributed by atoms with Gasteiger partial charge in [-0.3, -0.25) is 4.79 Å². The van der Waals surface area contributed by atoms with Gasteiger partial charge in [0.1, 0.15) is 11.8 Å². The fourth-order valence-electron chi connectivity index (χ4n) is 2.28. The van der Waals surface area contributed by atoms with Crippen LogP contribution in [-0.4, -0.2) is 31.6 Å². The normalized spacial score (nSPS) is 11.5. The van der Waals surface area contributed by atoms with Crippen molar-refractivity contribution in [2.75, 3.05) is 13.7 Å². The second-order valence-corrected chi connectivity index (χ2v) is 5.94. The van der Waals surface area contributed by atoms with E-state index in [0.29, 0.717) is 17.2 Å². The van der Waals surface area contributed by atoms with Crippen LogP contribution in [0.5, 0.6) is 5.75 Å². The largest absolute Gasteiger partial charge is 0.484 e. The molecule has 1 atom stereocenters. The zero-order chi connectivity index (χ0) is 18.2. The minimum absolute atomic E-state index is 0.205. The van der Waals surface area contributed by atoms with E-state index in [1.54, 1.807) is 18.2 Å². The number of esters is 1. The molecule has 1 amide bonds. The second kappa shape index (κ2) is 9.08. The number of rotatable bonds is 7. The summed E-state index contributed by atoms with van der Waals surface area (Å²) in [5.41, 5.74) is 1.78. The molecular weight excluding hydrogens is 342 g/mol. The second-order valence-electron chi connectivity index (χ2n) is 5.53. The van der Waals surface area contributed by atoms with Gasteiger partial charge in [-0.25, -0.2) is 4.79 Å². The van der Waals surface area contributed by atoms with Crippen LogP contribution in [0.15, 0.2) is 48.5 Å². The first kappa shape index (κ1) is 18.8. The maximum Gasteiger partial charge on any atom is 0.328 e. The number of aryl methyl sites for hydroxylation is 1. The highest BCUT2D eigenvalue weighted by Gasteiger charge is 2.22. The highest BCUT2D eigenvalue weighted by atomic mass is 35.5. The van der Waals surface area contributed by atoms with Crippen LogP contribution >= 0.6 is 11.6 Å². The van der Waals surface area contributed by atoms with Gasteiger partial charge in [0.2, 0.25) is 0 Å². The summed E-state index contributed by atoms with van der Waals surface area (Å²) in [6.45, 7) is 1.64. The Morgan fingerprint density at radius 3 is 2.52 bits per heavy atom. The molecule has 0 heterocycles. The van der Waals surface area contributed by atoms with Crippen molar-refractivity contribution in [3.05, 3.63) is 64.7 Å². The molecule has 0 fully saturated rings. The molecule has 0 saturated carbocycles. The molecule has 0 aromatic heterocycles. The van der Waals surface area contributed by atoms with E-state index in [1.807, 2.05) is 37.3 Å². The maximum absolute atomic E-state index is 12.1. The fourth-order valence-corrected chi connectivity index (χ4v) is 2.39. The van der Waals surface area contributed by atoms with Crippen molar-refractivity contribution in [1.29, 1.82) is 0 Å². The molecule has 0 aliphatic rings. The van der Waals surface area contributed by atoms with E-state index < -0.39 is 17.9 Å². The van der Waals surface area contributed by atoms with Crippen LogP contribution in [0.25, 0.3) is 0 Å². The number of nitrogens with one attached hydrogen (secondary N) is 1. The lowest BCUT2D eigenvalue weighted by atomic mass is 10.1. The molecular formula is C19H20ClNO4. The third-order valence-electron chi connectivity index (χ3n) is 3.60. The van der Waals surface area contributed by atoms with Crippen LogP contribution in [0.1, 0.15) is 11.1 Å².